The molecule has 0 unspecified atom stereocenters. The minimum atomic E-state index is 0.808. The van der Waals surface area contributed by atoms with Gasteiger partial charge in [0.05, 0.1) is 29.6 Å². The van der Waals surface area contributed by atoms with Gasteiger partial charge in [0.1, 0.15) is 0 Å². The van der Waals surface area contributed by atoms with E-state index in [4.69, 9.17) is 0 Å². The van der Waals surface area contributed by atoms with Gasteiger partial charge in [0.25, 0.3) is 0 Å². The molecular formula is C16H18N6. The molecule has 0 fully saturated rings. The number of benzene rings is 1. The molecule has 1 aliphatic heterocycles. The molecule has 112 valence electrons. The van der Waals surface area contributed by atoms with Gasteiger partial charge in [-0.1, -0.05) is 23.4 Å². The first-order chi connectivity index (χ1) is 10.8. The number of aryl methyl sites for hydroxylation is 1. The van der Waals surface area contributed by atoms with E-state index in [1.54, 1.807) is 0 Å². The molecule has 2 aromatic heterocycles. The summed E-state index contributed by atoms with van der Waals surface area (Å²) in [6.07, 6.45) is 4.95. The fraction of sp³-hybridized carbons (Fsp3) is 0.312. The topological polar surface area (TPSA) is 51.8 Å². The first-order valence-corrected chi connectivity index (χ1v) is 7.47. The van der Waals surface area contributed by atoms with Gasteiger partial charge in [-0.3, -0.25) is 4.90 Å². The number of hydrogen-bond donors (Lipinski definition) is 0. The Hall–Kier alpha value is -2.47. The summed E-state index contributed by atoms with van der Waals surface area (Å²) in [6.45, 7) is 2.72. The zero-order valence-corrected chi connectivity index (χ0v) is 12.6. The molecule has 0 aliphatic carbocycles. The van der Waals surface area contributed by atoms with Gasteiger partial charge in [-0.2, -0.15) is 0 Å². The number of para-hydroxylation sites is 1. The van der Waals surface area contributed by atoms with Crippen molar-refractivity contribution in [2.75, 3.05) is 6.54 Å². The minimum Gasteiger partial charge on any atom is -0.337 e. The van der Waals surface area contributed by atoms with E-state index in [9.17, 15) is 0 Å². The van der Waals surface area contributed by atoms with Crippen molar-refractivity contribution in [1.82, 2.24) is 29.4 Å². The molecule has 0 saturated carbocycles. The first kappa shape index (κ1) is 13.2. The number of imidazole rings is 1. The second-order valence-electron chi connectivity index (χ2n) is 5.70. The molecule has 4 rings (SSSR count). The van der Waals surface area contributed by atoms with Gasteiger partial charge >= 0.3 is 0 Å². The van der Waals surface area contributed by atoms with Gasteiger partial charge in [-0.05, 0) is 12.1 Å². The standard InChI is InChI=1S/C16H18N6/c1-20-12-17-15-11-21(8-7-16(15)20)9-13-10-22(19-18-13)14-5-3-2-4-6-14/h2-6,10,12H,7-9,11H2,1H3. The van der Waals surface area contributed by atoms with Crippen LogP contribution in [0.15, 0.2) is 42.9 Å². The van der Waals surface area contributed by atoms with Crippen LogP contribution in [0.25, 0.3) is 5.69 Å². The van der Waals surface area contributed by atoms with Crippen molar-refractivity contribution in [2.45, 2.75) is 19.5 Å². The molecule has 22 heavy (non-hydrogen) atoms. The summed E-state index contributed by atoms with van der Waals surface area (Å²) in [7, 11) is 2.06. The largest absolute Gasteiger partial charge is 0.337 e. The summed E-state index contributed by atoms with van der Waals surface area (Å²) in [5, 5.41) is 8.51. The summed E-state index contributed by atoms with van der Waals surface area (Å²) in [5.74, 6) is 0. The lowest BCUT2D eigenvalue weighted by Gasteiger charge is -2.25. The monoisotopic (exact) mass is 294 g/mol. The lowest BCUT2D eigenvalue weighted by molar-refractivity contribution is 0.237. The maximum Gasteiger partial charge on any atom is 0.0971 e. The van der Waals surface area contributed by atoms with Crippen LogP contribution in [0.4, 0.5) is 0 Å². The van der Waals surface area contributed by atoms with Gasteiger partial charge in [-0.15, -0.1) is 5.10 Å². The average molecular weight is 294 g/mol. The highest BCUT2D eigenvalue weighted by Crippen LogP contribution is 2.18. The molecule has 0 N–H and O–H groups in total. The number of aromatic nitrogens is 5. The predicted molar refractivity (Wildman–Crippen MR) is 82.4 cm³/mol. The molecule has 6 heteroatoms. The van der Waals surface area contributed by atoms with Crippen LogP contribution in [0.1, 0.15) is 17.1 Å². The maximum atomic E-state index is 4.48. The quantitative estimate of drug-likeness (QED) is 0.735. The maximum absolute atomic E-state index is 4.48. The lowest BCUT2D eigenvalue weighted by atomic mass is 10.1. The third kappa shape index (κ3) is 2.42. The van der Waals surface area contributed by atoms with Gasteiger partial charge in [-0.25, -0.2) is 9.67 Å². The molecule has 3 aromatic rings. The predicted octanol–water partition coefficient (Wildman–Crippen LogP) is 1.56. The molecule has 3 heterocycles. The second-order valence-corrected chi connectivity index (χ2v) is 5.70. The molecule has 0 spiro atoms. The SMILES string of the molecule is Cn1cnc2c1CCN(Cc1cn(-c3ccccc3)nn1)C2. The summed E-state index contributed by atoms with van der Waals surface area (Å²) in [4.78, 5) is 6.85. The molecule has 0 atom stereocenters. The summed E-state index contributed by atoms with van der Waals surface area (Å²) < 4.78 is 3.95. The van der Waals surface area contributed by atoms with Crippen LogP contribution in [0.5, 0.6) is 0 Å². The smallest absolute Gasteiger partial charge is 0.0971 e. The highest BCUT2D eigenvalue weighted by atomic mass is 15.4. The third-order valence-electron chi connectivity index (χ3n) is 4.13. The Morgan fingerprint density at radius 1 is 1.18 bits per heavy atom. The van der Waals surface area contributed by atoms with Crippen molar-refractivity contribution < 1.29 is 0 Å². The van der Waals surface area contributed by atoms with E-state index in [0.717, 1.165) is 37.4 Å². The van der Waals surface area contributed by atoms with Gasteiger partial charge in [0, 0.05) is 38.8 Å². The number of nitrogens with zero attached hydrogens (tertiary/aromatic N) is 6. The Morgan fingerprint density at radius 3 is 2.91 bits per heavy atom. The van der Waals surface area contributed by atoms with E-state index in [0.29, 0.717) is 0 Å². The molecule has 0 saturated heterocycles. The highest BCUT2D eigenvalue weighted by molar-refractivity contribution is 5.30. The van der Waals surface area contributed by atoms with E-state index < -0.39 is 0 Å². The average Bonchev–Trinajstić information content (AvgIpc) is 3.16. The number of fused-ring (bicyclic) bond motifs is 1. The molecule has 0 radical (unpaired) electrons. The van der Waals surface area contributed by atoms with Crippen molar-refractivity contribution in [3.05, 3.63) is 59.9 Å². The van der Waals surface area contributed by atoms with Crippen molar-refractivity contribution in [3.8, 4) is 5.69 Å². The van der Waals surface area contributed by atoms with E-state index in [-0.39, 0.29) is 0 Å². The molecule has 6 nitrogen and oxygen atoms in total. The fourth-order valence-corrected chi connectivity index (χ4v) is 2.95. The summed E-state index contributed by atoms with van der Waals surface area (Å²) in [5.41, 5.74) is 4.56. The van der Waals surface area contributed by atoms with E-state index >= 15 is 0 Å². The first-order valence-electron chi connectivity index (χ1n) is 7.47. The number of hydrogen-bond acceptors (Lipinski definition) is 4. The van der Waals surface area contributed by atoms with Gasteiger partial charge in [0.2, 0.25) is 0 Å². The third-order valence-corrected chi connectivity index (χ3v) is 4.13. The van der Waals surface area contributed by atoms with Crippen molar-refractivity contribution in [1.29, 1.82) is 0 Å². The molecule has 1 aromatic carbocycles. The normalized spacial score (nSPS) is 15.0. The Labute approximate surface area is 129 Å². The minimum absolute atomic E-state index is 0.808. The van der Waals surface area contributed by atoms with Crippen LogP contribution in [0, 0.1) is 0 Å². The van der Waals surface area contributed by atoms with E-state index in [1.807, 2.05) is 47.5 Å². The zero-order valence-electron chi connectivity index (χ0n) is 12.6. The Bertz CT molecular complexity index is 773. The summed E-state index contributed by atoms with van der Waals surface area (Å²) >= 11 is 0. The molecular weight excluding hydrogens is 276 g/mol. The highest BCUT2D eigenvalue weighted by Gasteiger charge is 2.20. The van der Waals surface area contributed by atoms with Crippen LogP contribution >= 0.6 is 0 Å². The Morgan fingerprint density at radius 2 is 2.05 bits per heavy atom. The second kappa shape index (κ2) is 5.38. The van der Waals surface area contributed by atoms with Crippen LogP contribution in [0.2, 0.25) is 0 Å². The van der Waals surface area contributed by atoms with Crippen LogP contribution in [-0.2, 0) is 26.6 Å². The van der Waals surface area contributed by atoms with Crippen LogP contribution in [0.3, 0.4) is 0 Å². The lowest BCUT2D eigenvalue weighted by Crippen LogP contribution is -2.30. The molecule has 0 amide bonds. The van der Waals surface area contributed by atoms with E-state index in [1.165, 1.54) is 11.4 Å². The van der Waals surface area contributed by atoms with Crippen molar-refractivity contribution in [3.63, 3.8) is 0 Å². The summed E-state index contributed by atoms with van der Waals surface area (Å²) in [6, 6.07) is 10.1. The van der Waals surface area contributed by atoms with Crippen molar-refractivity contribution in [2.24, 2.45) is 7.05 Å². The van der Waals surface area contributed by atoms with Crippen LogP contribution in [-0.4, -0.2) is 36.0 Å². The van der Waals surface area contributed by atoms with Gasteiger partial charge in [0.15, 0.2) is 0 Å². The molecule has 0 bridgehead atoms. The van der Waals surface area contributed by atoms with Gasteiger partial charge < -0.3 is 4.57 Å². The number of rotatable bonds is 3. The van der Waals surface area contributed by atoms with E-state index in [2.05, 4.69) is 31.8 Å². The Balaban J connectivity index is 1.48. The Kier molecular flexibility index (Phi) is 3.23. The van der Waals surface area contributed by atoms with Crippen molar-refractivity contribution >= 4 is 0 Å². The fourth-order valence-electron chi connectivity index (χ4n) is 2.95. The molecule has 1 aliphatic rings. The zero-order chi connectivity index (χ0) is 14.9. The van der Waals surface area contributed by atoms with Crippen LogP contribution < -0.4 is 0 Å².